The van der Waals surface area contributed by atoms with Gasteiger partial charge in [-0.3, -0.25) is 14.9 Å². The first-order chi connectivity index (χ1) is 11.5. The molecule has 1 atom stereocenters. The third kappa shape index (κ3) is 4.14. The van der Waals surface area contributed by atoms with Crippen LogP contribution in [0.3, 0.4) is 0 Å². The largest absolute Gasteiger partial charge is 0.496 e. The molecule has 1 heterocycles. The number of benzene rings is 1. The van der Waals surface area contributed by atoms with Crippen molar-refractivity contribution < 1.29 is 19.2 Å². The number of carbonyl (C=O) groups excluding carboxylic acids is 1. The molecule has 8 nitrogen and oxygen atoms in total. The molecular formula is C16H23N3O5. The molecule has 1 saturated heterocycles. The van der Waals surface area contributed by atoms with Crippen LogP contribution in [0, 0.1) is 10.1 Å². The molecule has 0 spiro atoms. The zero-order chi connectivity index (χ0) is 17.7. The van der Waals surface area contributed by atoms with Gasteiger partial charge < -0.3 is 19.3 Å². The Hall–Kier alpha value is -2.35. The van der Waals surface area contributed by atoms with E-state index in [9.17, 15) is 14.9 Å². The van der Waals surface area contributed by atoms with Crippen molar-refractivity contribution in [2.24, 2.45) is 0 Å². The molecule has 1 aliphatic rings. The van der Waals surface area contributed by atoms with Crippen molar-refractivity contribution in [1.82, 2.24) is 9.80 Å². The number of likely N-dealkylation sites (N-methyl/N-ethyl adjacent to an activating group) is 1. The quantitative estimate of drug-likeness (QED) is 0.578. The number of methoxy groups -OCH3 is 1. The zero-order valence-corrected chi connectivity index (χ0v) is 14.2. The molecule has 2 rings (SSSR count). The zero-order valence-electron chi connectivity index (χ0n) is 14.2. The Balaban J connectivity index is 2.05. The molecule has 0 unspecified atom stereocenters. The summed E-state index contributed by atoms with van der Waals surface area (Å²) >= 11 is 0. The number of rotatable bonds is 6. The fourth-order valence-electron chi connectivity index (χ4n) is 2.65. The smallest absolute Gasteiger partial charge is 0.314 e. The number of hydrogen-bond acceptors (Lipinski definition) is 6. The van der Waals surface area contributed by atoms with Crippen LogP contribution in [0.4, 0.5) is 5.69 Å². The lowest BCUT2D eigenvalue weighted by molar-refractivity contribution is -0.386. The molecular weight excluding hydrogens is 314 g/mol. The van der Waals surface area contributed by atoms with E-state index >= 15 is 0 Å². The van der Waals surface area contributed by atoms with E-state index in [1.807, 2.05) is 0 Å². The maximum Gasteiger partial charge on any atom is 0.314 e. The van der Waals surface area contributed by atoms with E-state index in [0.717, 1.165) is 19.6 Å². The van der Waals surface area contributed by atoms with E-state index in [1.165, 1.54) is 19.2 Å². The van der Waals surface area contributed by atoms with E-state index < -0.39 is 11.0 Å². The van der Waals surface area contributed by atoms with Crippen molar-refractivity contribution >= 4 is 11.6 Å². The molecule has 1 aromatic rings. The first-order valence-corrected chi connectivity index (χ1v) is 7.96. The summed E-state index contributed by atoms with van der Waals surface area (Å²) in [7, 11) is 1.43. The van der Waals surface area contributed by atoms with Crippen LogP contribution in [0.5, 0.6) is 11.5 Å². The third-order valence-electron chi connectivity index (χ3n) is 4.15. The van der Waals surface area contributed by atoms with E-state index in [-0.39, 0.29) is 17.3 Å². The van der Waals surface area contributed by atoms with Crippen molar-refractivity contribution in [3.05, 3.63) is 28.3 Å². The lowest BCUT2D eigenvalue weighted by Gasteiger charge is -2.35. The maximum atomic E-state index is 12.5. The average molecular weight is 337 g/mol. The molecule has 24 heavy (non-hydrogen) atoms. The highest BCUT2D eigenvalue weighted by Gasteiger charge is 2.27. The SMILES string of the molecule is CCN1CCN(C(=O)[C@@H](C)Oc2ccc(OC)cc2[N+](=O)[O-])CC1. The standard InChI is InChI=1S/C16H23N3O5/c1-4-17-7-9-18(10-8-17)16(20)12(2)24-15-6-5-13(23-3)11-14(15)19(21)22/h5-6,11-12H,4,7-10H2,1-3H3/t12-/m1/s1. The second kappa shape index (κ2) is 7.96. The predicted octanol–water partition coefficient (Wildman–Crippen LogP) is 1.53. The van der Waals surface area contributed by atoms with Crippen LogP contribution in [-0.4, -0.2) is 66.6 Å². The topological polar surface area (TPSA) is 85.2 Å². The summed E-state index contributed by atoms with van der Waals surface area (Å²) in [4.78, 5) is 27.1. The minimum absolute atomic E-state index is 0.0637. The van der Waals surface area contributed by atoms with Crippen molar-refractivity contribution in [3.63, 3.8) is 0 Å². The normalized spacial score (nSPS) is 16.5. The van der Waals surface area contributed by atoms with Gasteiger partial charge in [-0.05, 0) is 25.6 Å². The highest BCUT2D eigenvalue weighted by atomic mass is 16.6. The Morgan fingerprint density at radius 3 is 2.54 bits per heavy atom. The van der Waals surface area contributed by atoms with Gasteiger partial charge in [-0.25, -0.2) is 0 Å². The van der Waals surface area contributed by atoms with Crippen molar-refractivity contribution in [3.8, 4) is 11.5 Å². The van der Waals surface area contributed by atoms with E-state index in [4.69, 9.17) is 9.47 Å². The van der Waals surface area contributed by atoms with Gasteiger partial charge in [0.15, 0.2) is 11.9 Å². The molecule has 0 bridgehead atoms. The number of carbonyl (C=O) groups is 1. The highest BCUT2D eigenvalue weighted by Crippen LogP contribution is 2.31. The second-order valence-corrected chi connectivity index (χ2v) is 5.61. The third-order valence-corrected chi connectivity index (χ3v) is 4.15. The molecule has 0 N–H and O–H groups in total. The first-order valence-electron chi connectivity index (χ1n) is 7.96. The van der Waals surface area contributed by atoms with Crippen molar-refractivity contribution in [1.29, 1.82) is 0 Å². The van der Waals surface area contributed by atoms with Crippen LogP contribution >= 0.6 is 0 Å². The van der Waals surface area contributed by atoms with Crippen LogP contribution in [0.2, 0.25) is 0 Å². The second-order valence-electron chi connectivity index (χ2n) is 5.61. The van der Waals surface area contributed by atoms with E-state index in [1.54, 1.807) is 17.9 Å². The van der Waals surface area contributed by atoms with Gasteiger partial charge in [-0.1, -0.05) is 6.92 Å². The van der Waals surface area contributed by atoms with Crippen LogP contribution in [-0.2, 0) is 4.79 Å². The molecule has 1 aromatic carbocycles. The summed E-state index contributed by atoms with van der Waals surface area (Å²) in [5.41, 5.74) is -0.218. The molecule has 0 radical (unpaired) electrons. The molecule has 0 saturated carbocycles. The van der Waals surface area contributed by atoms with Gasteiger partial charge in [-0.2, -0.15) is 0 Å². The Kier molecular flexibility index (Phi) is 5.97. The van der Waals surface area contributed by atoms with Crippen molar-refractivity contribution in [2.45, 2.75) is 20.0 Å². The maximum absolute atomic E-state index is 12.5. The molecule has 8 heteroatoms. The summed E-state index contributed by atoms with van der Waals surface area (Å²) in [6.07, 6.45) is -0.787. The summed E-state index contributed by atoms with van der Waals surface area (Å²) in [6, 6.07) is 4.31. The summed E-state index contributed by atoms with van der Waals surface area (Å²) in [5.74, 6) is 0.272. The van der Waals surface area contributed by atoms with Gasteiger partial charge in [0.1, 0.15) is 5.75 Å². The predicted molar refractivity (Wildman–Crippen MR) is 88.4 cm³/mol. The molecule has 132 valence electrons. The van der Waals surface area contributed by atoms with Crippen molar-refractivity contribution in [2.75, 3.05) is 39.8 Å². The summed E-state index contributed by atoms with van der Waals surface area (Å²) in [6.45, 7) is 7.62. The Bertz CT molecular complexity index is 599. The minimum Gasteiger partial charge on any atom is -0.496 e. The number of amides is 1. The van der Waals surface area contributed by atoms with Gasteiger partial charge in [0.25, 0.3) is 5.91 Å². The van der Waals surface area contributed by atoms with Gasteiger partial charge in [0.2, 0.25) is 0 Å². The fourth-order valence-corrected chi connectivity index (χ4v) is 2.65. The lowest BCUT2D eigenvalue weighted by Crippen LogP contribution is -2.51. The molecule has 1 aliphatic heterocycles. The van der Waals surface area contributed by atoms with E-state index in [2.05, 4.69) is 11.8 Å². The average Bonchev–Trinajstić information content (AvgIpc) is 2.61. The van der Waals surface area contributed by atoms with Gasteiger partial charge in [0.05, 0.1) is 18.1 Å². The number of nitro benzene ring substituents is 1. The highest BCUT2D eigenvalue weighted by molar-refractivity contribution is 5.81. The summed E-state index contributed by atoms with van der Waals surface area (Å²) in [5, 5.41) is 11.2. The Labute approximate surface area is 141 Å². The van der Waals surface area contributed by atoms with E-state index in [0.29, 0.717) is 18.8 Å². The molecule has 1 fully saturated rings. The van der Waals surface area contributed by atoms with Gasteiger partial charge in [0, 0.05) is 26.2 Å². The van der Waals surface area contributed by atoms with Gasteiger partial charge >= 0.3 is 5.69 Å². The molecule has 0 aromatic heterocycles. The lowest BCUT2D eigenvalue weighted by atomic mass is 10.2. The number of nitro groups is 1. The Morgan fingerprint density at radius 1 is 1.33 bits per heavy atom. The molecule has 1 amide bonds. The Morgan fingerprint density at radius 2 is 2.00 bits per heavy atom. The van der Waals surface area contributed by atoms with Gasteiger partial charge in [-0.15, -0.1) is 0 Å². The van der Waals surface area contributed by atoms with Crippen LogP contribution in [0.1, 0.15) is 13.8 Å². The number of piperazine rings is 1. The number of hydrogen-bond donors (Lipinski definition) is 0. The first kappa shape index (κ1) is 18.0. The van der Waals surface area contributed by atoms with Crippen LogP contribution in [0.25, 0.3) is 0 Å². The minimum atomic E-state index is -0.787. The van der Waals surface area contributed by atoms with Crippen LogP contribution < -0.4 is 9.47 Å². The fraction of sp³-hybridized carbons (Fsp3) is 0.562. The monoisotopic (exact) mass is 337 g/mol. The molecule has 0 aliphatic carbocycles. The summed E-state index contributed by atoms with van der Waals surface area (Å²) < 4.78 is 10.6. The van der Waals surface area contributed by atoms with Crippen LogP contribution in [0.15, 0.2) is 18.2 Å². The number of nitrogens with zero attached hydrogens (tertiary/aromatic N) is 3. The number of ether oxygens (including phenoxy) is 2.